The van der Waals surface area contributed by atoms with Crippen molar-refractivity contribution < 1.29 is 0 Å². The molecule has 6 aromatic rings. The maximum absolute atomic E-state index is 9.17. The molecule has 0 aliphatic heterocycles. The fraction of sp³-hybridized carbons (Fsp3) is 0.377. The lowest BCUT2D eigenvalue weighted by Crippen LogP contribution is -1.89. The summed E-state index contributed by atoms with van der Waals surface area (Å²) in [6.45, 7) is 20.9. The molecule has 0 bridgehead atoms. The van der Waals surface area contributed by atoms with Crippen LogP contribution in [0, 0.1) is 68.6 Å². The van der Waals surface area contributed by atoms with E-state index in [1.165, 1.54) is 129 Å². The largest absolute Gasteiger partial charge is 0.193 e. The van der Waals surface area contributed by atoms with Gasteiger partial charge in [-0.15, -0.1) is 68.0 Å². The van der Waals surface area contributed by atoms with Gasteiger partial charge in [-0.2, -0.15) is 15.8 Å². The zero-order valence-electron chi connectivity index (χ0n) is 38.2. The highest BCUT2D eigenvalue weighted by molar-refractivity contribution is 7.24. The van der Waals surface area contributed by atoms with Crippen LogP contribution in [0.1, 0.15) is 138 Å². The van der Waals surface area contributed by atoms with Crippen LogP contribution in [0.25, 0.3) is 47.5 Å². The van der Waals surface area contributed by atoms with Crippen LogP contribution >= 0.6 is 68.0 Å². The summed E-state index contributed by atoms with van der Waals surface area (Å²) >= 11 is 11.0. The quantitative estimate of drug-likeness (QED) is 0.0717. The average molecular weight is 932 g/mol. The molecule has 6 heterocycles. The molecule has 0 radical (unpaired) electrons. The molecule has 324 valence electrons. The van der Waals surface area contributed by atoms with Crippen molar-refractivity contribution in [3.8, 4) is 47.5 Å². The molecule has 0 unspecified atom stereocenters. The van der Waals surface area contributed by atoms with Gasteiger partial charge in [0.05, 0.1) is 18.2 Å². The molecule has 0 spiro atoms. The number of aryl methyl sites for hydroxylation is 7. The van der Waals surface area contributed by atoms with E-state index >= 15 is 0 Å². The fourth-order valence-corrected chi connectivity index (χ4v) is 13.8. The van der Waals surface area contributed by atoms with Crippen LogP contribution in [-0.4, -0.2) is 0 Å². The van der Waals surface area contributed by atoms with Crippen LogP contribution in [0.5, 0.6) is 0 Å². The smallest absolute Gasteiger partial charge is 0.0944 e. The number of allylic oxidation sites excluding steroid dienone is 3. The number of nitriles is 3. The number of thiophene rings is 6. The molecule has 0 saturated carbocycles. The molecule has 0 fully saturated rings. The Kier molecular flexibility index (Phi) is 21.1. The molecule has 0 aliphatic carbocycles. The summed E-state index contributed by atoms with van der Waals surface area (Å²) in [6, 6.07) is 24.2. The van der Waals surface area contributed by atoms with Crippen LogP contribution in [0.2, 0.25) is 0 Å². The highest BCUT2D eigenvalue weighted by Crippen LogP contribution is 2.43. The van der Waals surface area contributed by atoms with Gasteiger partial charge in [0, 0.05) is 75.2 Å². The van der Waals surface area contributed by atoms with Crippen molar-refractivity contribution in [1.82, 2.24) is 0 Å². The highest BCUT2D eigenvalue weighted by Gasteiger charge is 2.17. The predicted octanol–water partition coefficient (Wildman–Crippen LogP) is 19.0. The molecule has 6 rings (SSSR count). The molecule has 0 N–H and O–H groups in total. The van der Waals surface area contributed by atoms with E-state index in [9.17, 15) is 0 Å². The van der Waals surface area contributed by atoms with E-state index in [1.54, 1.807) is 34.0 Å². The number of rotatable bonds is 16. The minimum atomic E-state index is 0.746. The maximum atomic E-state index is 9.17. The van der Waals surface area contributed by atoms with Crippen molar-refractivity contribution >= 4 is 86.2 Å². The first-order valence-corrected chi connectivity index (χ1v) is 26.5. The van der Waals surface area contributed by atoms with Gasteiger partial charge >= 0.3 is 0 Å². The minimum absolute atomic E-state index is 0.746. The Bertz CT molecular complexity index is 2580. The van der Waals surface area contributed by atoms with Crippen molar-refractivity contribution in [2.45, 2.75) is 133 Å². The van der Waals surface area contributed by atoms with Gasteiger partial charge in [-0.05, 0) is 170 Å². The number of unbranched alkanes of at least 4 members (excludes halogenated alkanes) is 6. The zero-order chi connectivity index (χ0) is 45.2. The second kappa shape index (κ2) is 25.9. The van der Waals surface area contributed by atoms with E-state index in [0.29, 0.717) is 0 Å². The Morgan fingerprint density at radius 3 is 1.44 bits per heavy atom. The zero-order valence-corrected chi connectivity index (χ0v) is 43.1. The van der Waals surface area contributed by atoms with Crippen molar-refractivity contribution in [3.05, 3.63) is 117 Å². The van der Waals surface area contributed by atoms with Gasteiger partial charge in [-0.3, -0.25) is 0 Å². The molecule has 0 saturated heterocycles. The van der Waals surface area contributed by atoms with E-state index < -0.39 is 0 Å². The topological polar surface area (TPSA) is 71.4 Å². The maximum Gasteiger partial charge on any atom is 0.0944 e. The third-order valence-electron chi connectivity index (χ3n) is 9.97. The highest BCUT2D eigenvalue weighted by atomic mass is 32.1. The molecule has 9 heteroatoms. The molecule has 6 aromatic heterocycles. The molecule has 0 aliphatic rings. The van der Waals surface area contributed by atoms with Gasteiger partial charge in [0.25, 0.3) is 0 Å². The summed E-state index contributed by atoms with van der Waals surface area (Å²) in [7, 11) is 0. The average Bonchev–Trinajstić information content (AvgIpc) is 4.12. The molecule has 62 heavy (non-hydrogen) atoms. The van der Waals surface area contributed by atoms with E-state index in [4.69, 9.17) is 15.8 Å². The van der Waals surface area contributed by atoms with Crippen molar-refractivity contribution in [1.29, 1.82) is 15.8 Å². The lowest BCUT2D eigenvalue weighted by Gasteiger charge is -2.06. The first kappa shape index (κ1) is 50.5. The van der Waals surface area contributed by atoms with Crippen molar-refractivity contribution in [2.24, 2.45) is 0 Å². The Morgan fingerprint density at radius 2 is 0.903 bits per heavy atom. The van der Waals surface area contributed by atoms with Crippen LogP contribution in [0.4, 0.5) is 0 Å². The summed E-state index contributed by atoms with van der Waals surface area (Å²) in [4.78, 5) is 15.8. The standard InChI is InChI=1S/C25H35NS2.C15H15NS2.C13H11NS2/c1-5-7-9-11-13-21-16-20(4)27-24(21)25-22(14-12-10-8-6-2)17-23(28-25)15-19(3)18-26;1-9(8-16)5-13-7-11(3)15(18-13)14-10(2)6-12(4)17-14;1-9(8-14)7-11-4-6-13(16-11)12-5-3-10(2)15-12/h15-17H,5-14H2,1-4H3;5-7H,1-4H3;3-7H,1-2H3. The third kappa shape index (κ3) is 15.6. The minimum Gasteiger partial charge on any atom is -0.193 e. The second-order valence-corrected chi connectivity index (χ2v) is 22.9. The second-order valence-electron chi connectivity index (χ2n) is 15.8. The Labute approximate surface area is 396 Å². The lowest BCUT2D eigenvalue weighted by atomic mass is 10.0. The van der Waals surface area contributed by atoms with Gasteiger partial charge in [0.2, 0.25) is 0 Å². The van der Waals surface area contributed by atoms with E-state index in [2.05, 4.69) is 115 Å². The van der Waals surface area contributed by atoms with Crippen LogP contribution < -0.4 is 0 Å². The normalized spacial score (nSPS) is 11.6. The van der Waals surface area contributed by atoms with Gasteiger partial charge < -0.3 is 0 Å². The Balaban J connectivity index is 0.000000215. The molecule has 0 aromatic carbocycles. The van der Waals surface area contributed by atoms with Gasteiger partial charge in [-0.1, -0.05) is 52.4 Å². The fourth-order valence-electron chi connectivity index (χ4n) is 6.87. The lowest BCUT2D eigenvalue weighted by molar-refractivity contribution is 0.666. The van der Waals surface area contributed by atoms with Gasteiger partial charge in [-0.25, -0.2) is 0 Å². The Morgan fingerprint density at radius 1 is 0.452 bits per heavy atom. The summed E-state index contributed by atoms with van der Waals surface area (Å²) in [5.74, 6) is 0. The first-order chi connectivity index (χ1) is 29.8. The van der Waals surface area contributed by atoms with Crippen LogP contribution in [0.15, 0.2) is 65.3 Å². The van der Waals surface area contributed by atoms with E-state index in [1.807, 2.05) is 73.0 Å². The van der Waals surface area contributed by atoms with Crippen LogP contribution in [-0.2, 0) is 12.8 Å². The molecule has 3 nitrogen and oxygen atoms in total. The molecular weight excluding hydrogens is 871 g/mol. The summed E-state index contributed by atoms with van der Waals surface area (Å²) < 4.78 is 0. The van der Waals surface area contributed by atoms with Gasteiger partial charge in [0.15, 0.2) is 0 Å². The number of hydrogen-bond acceptors (Lipinski definition) is 9. The van der Waals surface area contributed by atoms with E-state index in [-0.39, 0.29) is 0 Å². The SMILES string of the molecule is CC(C#N)=Cc1cc(C)c(-c2sc(C)cc2C)s1.CC(C#N)=Cc1ccc(-c2ccc(C)s2)s1.CCCCCCc1cc(C)sc1-c1sc(C=C(C)C#N)cc1CCCCCC. The predicted molar refractivity (Wildman–Crippen MR) is 280 cm³/mol. The molecule has 0 atom stereocenters. The Hall–Kier alpha value is -4.11. The van der Waals surface area contributed by atoms with Crippen LogP contribution in [0.3, 0.4) is 0 Å². The monoisotopic (exact) mass is 931 g/mol. The molecule has 0 amide bonds. The summed E-state index contributed by atoms with van der Waals surface area (Å²) in [5, 5.41) is 26.7. The first-order valence-electron chi connectivity index (χ1n) is 21.6. The summed E-state index contributed by atoms with van der Waals surface area (Å²) in [6.07, 6.45) is 18.7. The van der Waals surface area contributed by atoms with Gasteiger partial charge in [0.1, 0.15) is 0 Å². The third-order valence-corrected chi connectivity index (χ3v) is 17.1. The van der Waals surface area contributed by atoms with Crippen molar-refractivity contribution in [3.63, 3.8) is 0 Å². The summed E-state index contributed by atoms with van der Waals surface area (Å²) in [5.41, 5.74) is 7.93. The van der Waals surface area contributed by atoms with E-state index in [0.717, 1.165) is 32.9 Å². The number of nitrogens with zero attached hydrogens (tertiary/aromatic N) is 3. The molecular formula is C53H61N3S6. The van der Waals surface area contributed by atoms with Crippen molar-refractivity contribution in [2.75, 3.05) is 0 Å². The number of hydrogen-bond donors (Lipinski definition) is 0.